The average molecular weight is 262 g/mol. The predicted octanol–water partition coefficient (Wildman–Crippen LogP) is 2.60. The first-order chi connectivity index (χ1) is 8.78. The molecule has 0 aromatic heterocycles. The molecule has 5 atom stereocenters. The van der Waals surface area contributed by atoms with Gasteiger partial charge in [0.25, 0.3) is 0 Å². The van der Waals surface area contributed by atoms with Crippen LogP contribution in [-0.4, -0.2) is 22.8 Å². The Morgan fingerprint density at radius 2 is 2.16 bits per heavy atom. The van der Waals surface area contributed by atoms with E-state index in [-0.39, 0.29) is 29.3 Å². The van der Waals surface area contributed by atoms with Crippen LogP contribution in [0.25, 0.3) is 0 Å². The third-order valence-electron chi connectivity index (χ3n) is 5.88. The van der Waals surface area contributed by atoms with Crippen molar-refractivity contribution in [2.45, 2.75) is 51.7 Å². The van der Waals surface area contributed by atoms with E-state index in [1.54, 1.807) is 0 Å². The first kappa shape index (κ1) is 12.9. The van der Waals surface area contributed by atoms with Crippen LogP contribution in [0, 0.1) is 17.3 Å². The maximum Gasteiger partial charge on any atom is 0.334 e. The lowest BCUT2D eigenvalue weighted by atomic mass is 9.64. The Kier molecular flexibility index (Phi) is 2.53. The number of esters is 1. The summed E-state index contributed by atoms with van der Waals surface area (Å²) < 4.78 is 5.61. The van der Waals surface area contributed by atoms with Gasteiger partial charge in [-0.2, -0.15) is 0 Å². The number of hydrogen-bond acceptors (Lipinski definition) is 3. The summed E-state index contributed by atoms with van der Waals surface area (Å²) in [6, 6.07) is 0. The second-order valence-electron chi connectivity index (χ2n) is 6.86. The van der Waals surface area contributed by atoms with Crippen LogP contribution in [-0.2, 0) is 9.53 Å². The van der Waals surface area contributed by atoms with Crippen LogP contribution in [0.2, 0.25) is 0 Å². The van der Waals surface area contributed by atoms with Gasteiger partial charge >= 0.3 is 5.97 Å². The molecule has 0 aromatic carbocycles. The maximum atomic E-state index is 11.8. The smallest absolute Gasteiger partial charge is 0.334 e. The van der Waals surface area contributed by atoms with Crippen LogP contribution >= 0.6 is 0 Å². The fraction of sp³-hybridized carbons (Fsp3) is 0.688. The zero-order chi connectivity index (χ0) is 14.0. The minimum absolute atomic E-state index is 0.0623. The number of allylic oxidation sites excluding steroid dienone is 1. The Balaban J connectivity index is 2.09. The van der Waals surface area contributed by atoms with Gasteiger partial charge in [-0.15, -0.1) is 0 Å². The van der Waals surface area contributed by atoms with E-state index in [0.29, 0.717) is 12.0 Å². The molecule has 0 radical (unpaired) electrons. The zero-order valence-corrected chi connectivity index (χ0v) is 11.9. The molecule has 0 amide bonds. The van der Waals surface area contributed by atoms with E-state index < -0.39 is 5.60 Å². The van der Waals surface area contributed by atoms with Crippen LogP contribution in [0.5, 0.6) is 0 Å². The number of aliphatic hydroxyl groups is 1. The highest BCUT2D eigenvalue weighted by Gasteiger charge is 2.60. The number of carbonyl (C=O) groups excluding carboxylic acids is 1. The minimum Gasteiger partial charge on any atom is -0.458 e. The topological polar surface area (TPSA) is 46.5 Å². The molecule has 1 heterocycles. The molecule has 1 aliphatic heterocycles. The Labute approximate surface area is 114 Å². The molecular formula is C16H22O3. The lowest BCUT2D eigenvalue weighted by Gasteiger charge is -2.45. The molecule has 3 rings (SSSR count). The van der Waals surface area contributed by atoms with Gasteiger partial charge in [-0.3, -0.25) is 0 Å². The highest BCUT2D eigenvalue weighted by Crippen LogP contribution is 2.58. The van der Waals surface area contributed by atoms with Crippen LogP contribution in [0.4, 0.5) is 0 Å². The fourth-order valence-electron chi connectivity index (χ4n) is 4.30. The molecule has 2 fully saturated rings. The number of rotatable bonds is 0. The highest BCUT2D eigenvalue weighted by molar-refractivity contribution is 5.91. The van der Waals surface area contributed by atoms with Gasteiger partial charge in [0.2, 0.25) is 0 Å². The van der Waals surface area contributed by atoms with Crippen molar-refractivity contribution in [3.05, 3.63) is 23.8 Å². The summed E-state index contributed by atoms with van der Waals surface area (Å²) >= 11 is 0. The Morgan fingerprint density at radius 3 is 2.84 bits per heavy atom. The summed E-state index contributed by atoms with van der Waals surface area (Å²) in [6.45, 7) is 10.0. The third kappa shape index (κ3) is 1.51. The molecule has 2 aliphatic carbocycles. The Hall–Kier alpha value is -1.09. The number of hydrogen-bond donors (Lipinski definition) is 1. The second-order valence-corrected chi connectivity index (χ2v) is 6.86. The molecule has 1 N–H and O–H groups in total. The standard InChI is InChI=1S/C16H22O3/c1-9-5-7-15(3)12(9)13-11(6-8-16(15,4)18)10(2)14(17)19-13/h5,11-13,18H,2,6-8H2,1,3-4H3. The van der Waals surface area contributed by atoms with Crippen LogP contribution < -0.4 is 0 Å². The number of ether oxygens (including phenoxy) is 1. The molecule has 5 unspecified atom stereocenters. The predicted molar refractivity (Wildman–Crippen MR) is 72.3 cm³/mol. The van der Waals surface area contributed by atoms with Crippen molar-refractivity contribution in [2.75, 3.05) is 0 Å². The van der Waals surface area contributed by atoms with Crippen molar-refractivity contribution in [1.82, 2.24) is 0 Å². The summed E-state index contributed by atoms with van der Waals surface area (Å²) in [5.41, 5.74) is 0.844. The first-order valence-electron chi connectivity index (χ1n) is 7.07. The molecule has 1 saturated carbocycles. The highest BCUT2D eigenvalue weighted by atomic mass is 16.6. The third-order valence-corrected chi connectivity index (χ3v) is 5.88. The van der Waals surface area contributed by atoms with Gasteiger partial charge in [0.1, 0.15) is 6.10 Å². The van der Waals surface area contributed by atoms with Gasteiger partial charge in [-0.1, -0.05) is 25.2 Å². The summed E-state index contributed by atoms with van der Waals surface area (Å²) in [5, 5.41) is 10.9. The SMILES string of the molecule is C=C1C(=O)OC2C1CCC(C)(O)C1(C)CC=C(C)C21. The van der Waals surface area contributed by atoms with Gasteiger partial charge in [-0.05, 0) is 33.1 Å². The van der Waals surface area contributed by atoms with Crippen molar-refractivity contribution < 1.29 is 14.6 Å². The molecule has 19 heavy (non-hydrogen) atoms. The summed E-state index contributed by atoms with van der Waals surface area (Å²) in [4.78, 5) is 11.8. The van der Waals surface area contributed by atoms with Crippen molar-refractivity contribution in [2.24, 2.45) is 17.3 Å². The van der Waals surface area contributed by atoms with Crippen molar-refractivity contribution in [3.63, 3.8) is 0 Å². The van der Waals surface area contributed by atoms with Crippen LogP contribution in [0.3, 0.4) is 0 Å². The van der Waals surface area contributed by atoms with Gasteiger partial charge in [0.15, 0.2) is 0 Å². The van der Waals surface area contributed by atoms with Gasteiger partial charge in [0, 0.05) is 22.8 Å². The summed E-state index contributed by atoms with van der Waals surface area (Å²) in [6.07, 6.45) is 4.37. The molecule has 3 nitrogen and oxygen atoms in total. The molecule has 3 heteroatoms. The van der Waals surface area contributed by atoms with Crippen molar-refractivity contribution in [1.29, 1.82) is 0 Å². The number of fused-ring (bicyclic) bond motifs is 3. The fourth-order valence-corrected chi connectivity index (χ4v) is 4.30. The minimum atomic E-state index is -0.733. The lowest BCUT2D eigenvalue weighted by molar-refractivity contribution is -0.146. The van der Waals surface area contributed by atoms with E-state index in [1.165, 1.54) is 5.57 Å². The van der Waals surface area contributed by atoms with Gasteiger partial charge < -0.3 is 9.84 Å². The molecule has 0 spiro atoms. The van der Waals surface area contributed by atoms with Crippen LogP contribution in [0.15, 0.2) is 23.8 Å². The number of carbonyl (C=O) groups is 1. The average Bonchev–Trinajstić information content (AvgIpc) is 2.75. The molecule has 1 saturated heterocycles. The summed E-state index contributed by atoms with van der Waals surface area (Å²) in [7, 11) is 0. The Morgan fingerprint density at radius 1 is 1.47 bits per heavy atom. The largest absolute Gasteiger partial charge is 0.458 e. The molecule has 3 aliphatic rings. The van der Waals surface area contributed by atoms with Gasteiger partial charge in [0.05, 0.1) is 5.60 Å². The first-order valence-corrected chi connectivity index (χ1v) is 7.07. The normalized spacial score (nSPS) is 49.3. The second kappa shape index (κ2) is 3.72. The van der Waals surface area contributed by atoms with E-state index in [9.17, 15) is 9.90 Å². The zero-order valence-electron chi connectivity index (χ0n) is 11.9. The van der Waals surface area contributed by atoms with E-state index in [2.05, 4.69) is 26.5 Å². The van der Waals surface area contributed by atoms with Crippen LogP contribution in [0.1, 0.15) is 40.0 Å². The van der Waals surface area contributed by atoms with E-state index in [0.717, 1.165) is 12.8 Å². The van der Waals surface area contributed by atoms with Gasteiger partial charge in [-0.25, -0.2) is 4.79 Å². The van der Waals surface area contributed by atoms with E-state index in [1.807, 2.05) is 6.92 Å². The molecular weight excluding hydrogens is 240 g/mol. The molecule has 0 aromatic rings. The van der Waals surface area contributed by atoms with Crippen molar-refractivity contribution in [3.8, 4) is 0 Å². The summed E-state index contributed by atoms with van der Waals surface area (Å²) in [5.74, 6) is -0.0796. The maximum absolute atomic E-state index is 11.8. The Bertz CT molecular complexity index is 488. The lowest BCUT2D eigenvalue weighted by Crippen LogP contribution is -2.49. The molecule has 104 valence electrons. The monoisotopic (exact) mass is 262 g/mol. The quantitative estimate of drug-likeness (QED) is 0.414. The van der Waals surface area contributed by atoms with E-state index in [4.69, 9.17) is 4.74 Å². The molecule has 0 bridgehead atoms. The van der Waals surface area contributed by atoms with E-state index >= 15 is 0 Å². The van der Waals surface area contributed by atoms with Crippen molar-refractivity contribution >= 4 is 5.97 Å².